The molecule has 0 saturated carbocycles. The second-order valence-electron chi connectivity index (χ2n) is 5.07. The zero-order valence-electron chi connectivity index (χ0n) is 11.9. The molecule has 0 radical (unpaired) electrons. The van der Waals surface area contributed by atoms with Gasteiger partial charge in [0.25, 0.3) is 0 Å². The number of nitrogens with zero attached hydrogens (tertiary/aromatic N) is 1. The highest BCUT2D eigenvalue weighted by molar-refractivity contribution is 5.37. The van der Waals surface area contributed by atoms with Gasteiger partial charge in [0.1, 0.15) is 0 Å². The first-order valence-electron chi connectivity index (χ1n) is 6.44. The molecular formula is C15H26N2. The molecule has 0 atom stereocenters. The molecule has 17 heavy (non-hydrogen) atoms. The molecule has 2 heteroatoms. The van der Waals surface area contributed by atoms with Crippen LogP contribution < -0.4 is 5.32 Å². The van der Waals surface area contributed by atoms with Crippen molar-refractivity contribution in [3.05, 3.63) is 34.4 Å². The second-order valence-corrected chi connectivity index (χ2v) is 5.07. The zero-order valence-corrected chi connectivity index (χ0v) is 11.9. The fourth-order valence-corrected chi connectivity index (χ4v) is 2.33. The van der Waals surface area contributed by atoms with Crippen LogP contribution in [0, 0.1) is 20.8 Å². The Kier molecular flexibility index (Phi) is 5.66. The monoisotopic (exact) mass is 234 g/mol. The van der Waals surface area contributed by atoms with Gasteiger partial charge in [0.15, 0.2) is 0 Å². The van der Waals surface area contributed by atoms with Gasteiger partial charge in [-0.15, -0.1) is 0 Å². The number of benzene rings is 1. The van der Waals surface area contributed by atoms with Gasteiger partial charge in [-0.25, -0.2) is 0 Å². The number of aryl methyl sites for hydroxylation is 3. The minimum atomic E-state index is 1.06. The minimum Gasteiger partial charge on any atom is -0.320 e. The van der Waals surface area contributed by atoms with E-state index in [1.165, 1.54) is 28.7 Å². The van der Waals surface area contributed by atoms with Crippen molar-refractivity contribution in [2.24, 2.45) is 0 Å². The summed E-state index contributed by atoms with van der Waals surface area (Å²) in [7, 11) is 4.21. The van der Waals surface area contributed by atoms with Crippen LogP contribution in [0.1, 0.15) is 28.7 Å². The Labute approximate surface area is 106 Å². The molecule has 1 rings (SSSR count). The predicted octanol–water partition coefficient (Wildman–Crippen LogP) is 2.65. The van der Waals surface area contributed by atoms with Crippen LogP contribution in [0.2, 0.25) is 0 Å². The van der Waals surface area contributed by atoms with E-state index in [-0.39, 0.29) is 0 Å². The maximum absolute atomic E-state index is 3.19. The Morgan fingerprint density at radius 2 is 1.71 bits per heavy atom. The smallest absolute Gasteiger partial charge is 0.0235 e. The van der Waals surface area contributed by atoms with E-state index in [1.54, 1.807) is 0 Å². The molecule has 0 spiro atoms. The van der Waals surface area contributed by atoms with Crippen LogP contribution in [0.3, 0.4) is 0 Å². The van der Waals surface area contributed by atoms with Crippen molar-refractivity contribution in [3.63, 3.8) is 0 Å². The Morgan fingerprint density at radius 3 is 2.24 bits per heavy atom. The average molecular weight is 234 g/mol. The standard InChI is InChI=1S/C15H26N2/c1-12-9-13(2)15(14(3)10-12)11-17(5)8-6-7-16-4/h9-10,16H,6-8,11H2,1-5H3. The number of hydrogen-bond donors (Lipinski definition) is 1. The minimum absolute atomic E-state index is 1.06. The lowest BCUT2D eigenvalue weighted by Crippen LogP contribution is -2.23. The Morgan fingerprint density at radius 1 is 1.12 bits per heavy atom. The highest BCUT2D eigenvalue weighted by atomic mass is 15.1. The van der Waals surface area contributed by atoms with E-state index in [0.29, 0.717) is 0 Å². The highest BCUT2D eigenvalue weighted by Gasteiger charge is 2.06. The maximum atomic E-state index is 3.19. The third-order valence-electron chi connectivity index (χ3n) is 3.24. The summed E-state index contributed by atoms with van der Waals surface area (Å²) in [4.78, 5) is 2.40. The van der Waals surface area contributed by atoms with Crippen LogP contribution in [0.5, 0.6) is 0 Å². The maximum Gasteiger partial charge on any atom is 0.0235 e. The van der Waals surface area contributed by atoms with Gasteiger partial charge in [0, 0.05) is 6.54 Å². The normalized spacial score (nSPS) is 11.2. The molecule has 0 bridgehead atoms. The van der Waals surface area contributed by atoms with Crippen molar-refractivity contribution in [1.29, 1.82) is 0 Å². The molecule has 0 aliphatic rings. The number of hydrogen-bond acceptors (Lipinski definition) is 2. The van der Waals surface area contributed by atoms with Crippen molar-refractivity contribution in [2.45, 2.75) is 33.7 Å². The molecular weight excluding hydrogens is 208 g/mol. The Bertz CT molecular complexity index is 335. The predicted molar refractivity (Wildman–Crippen MR) is 75.5 cm³/mol. The summed E-state index contributed by atoms with van der Waals surface area (Å²) in [6, 6.07) is 4.56. The van der Waals surface area contributed by atoms with E-state index in [1.807, 2.05) is 7.05 Å². The molecule has 2 nitrogen and oxygen atoms in total. The molecule has 1 aromatic carbocycles. The van der Waals surface area contributed by atoms with Gasteiger partial charge in [-0.1, -0.05) is 17.7 Å². The first kappa shape index (κ1) is 14.2. The lowest BCUT2D eigenvalue weighted by atomic mass is 9.99. The average Bonchev–Trinajstić information content (AvgIpc) is 2.24. The summed E-state index contributed by atoms with van der Waals surface area (Å²) in [5, 5.41) is 3.19. The van der Waals surface area contributed by atoms with Crippen molar-refractivity contribution in [2.75, 3.05) is 27.2 Å². The third-order valence-corrected chi connectivity index (χ3v) is 3.24. The van der Waals surface area contributed by atoms with Crippen LogP contribution in [-0.2, 0) is 6.54 Å². The van der Waals surface area contributed by atoms with E-state index in [0.717, 1.165) is 19.6 Å². The number of rotatable bonds is 6. The Balaban J connectivity index is 2.61. The van der Waals surface area contributed by atoms with Gasteiger partial charge in [0.2, 0.25) is 0 Å². The summed E-state index contributed by atoms with van der Waals surface area (Å²) in [6.07, 6.45) is 1.21. The molecule has 0 saturated heterocycles. The number of nitrogens with one attached hydrogen (secondary N) is 1. The summed E-state index contributed by atoms with van der Waals surface area (Å²) in [6.45, 7) is 9.90. The Hall–Kier alpha value is -0.860. The van der Waals surface area contributed by atoms with E-state index < -0.39 is 0 Å². The molecule has 96 valence electrons. The first-order chi connectivity index (χ1) is 8.04. The van der Waals surface area contributed by atoms with Crippen LogP contribution in [0.4, 0.5) is 0 Å². The second kappa shape index (κ2) is 6.77. The highest BCUT2D eigenvalue weighted by Crippen LogP contribution is 2.17. The quantitative estimate of drug-likeness (QED) is 0.761. The summed E-state index contributed by atoms with van der Waals surface area (Å²) in [5.74, 6) is 0. The molecule has 0 aliphatic heterocycles. The molecule has 0 aromatic heterocycles. The van der Waals surface area contributed by atoms with Crippen LogP contribution >= 0.6 is 0 Å². The first-order valence-corrected chi connectivity index (χ1v) is 6.44. The van der Waals surface area contributed by atoms with Gasteiger partial charge < -0.3 is 10.2 Å². The fraction of sp³-hybridized carbons (Fsp3) is 0.600. The molecule has 1 aromatic rings. The van der Waals surface area contributed by atoms with Crippen molar-refractivity contribution < 1.29 is 0 Å². The van der Waals surface area contributed by atoms with E-state index in [9.17, 15) is 0 Å². The van der Waals surface area contributed by atoms with E-state index in [4.69, 9.17) is 0 Å². The van der Waals surface area contributed by atoms with Crippen molar-refractivity contribution in [3.8, 4) is 0 Å². The van der Waals surface area contributed by atoms with Gasteiger partial charge in [0.05, 0.1) is 0 Å². The van der Waals surface area contributed by atoms with Gasteiger partial charge in [-0.3, -0.25) is 0 Å². The zero-order chi connectivity index (χ0) is 12.8. The van der Waals surface area contributed by atoms with Gasteiger partial charge >= 0.3 is 0 Å². The van der Waals surface area contributed by atoms with Crippen LogP contribution in [-0.4, -0.2) is 32.1 Å². The molecule has 0 amide bonds. The van der Waals surface area contributed by atoms with Gasteiger partial charge in [-0.05, 0) is 71.1 Å². The largest absolute Gasteiger partial charge is 0.320 e. The van der Waals surface area contributed by atoms with Crippen molar-refractivity contribution in [1.82, 2.24) is 10.2 Å². The lowest BCUT2D eigenvalue weighted by Gasteiger charge is -2.20. The fourth-order valence-electron chi connectivity index (χ4n) is 2.33. The molecule has 0 heterocycles. The lowest BCUT2D eigenvalue weighted by molar-refractivity contribution is 0.320. The molecule has 1 N–H and O–H groups in total. The van der Waals surface area contributed by atoms with Crippen LogP contribution in [0.15, 0.2) is 12.1 Å². The summed E-state index contributed by atoms with van der Waals surface area (Å²) < 4.78 is 0. The topological polar surface area (TPSA) is 15.3 Å². The SMILES string of the molecule is CNCCCN(C)Cc1c(C)cc(C)cc1C. The molecule has 0 unspecified atom stereocenters. The van der Waals surface area contributed by atoms with E-state index in [2.05, 4.69) is 50.2 Å². The van der Waals surface area contributed by atoms with E-state index >= 15 is 0 Å². The molecule has 0 aliphatic carbocycles. The third kappa shape index (κ3) is 4.49. The van der Waals surface area contributed by atoms with Crippen LogP contribution in [0.25, 0.3) is 0 Å². The van der Waals surface area contributed by atoms with Gasteiger partial charge in [-0.2, -0.15) is 0 Å². The summed E-state index contributed by atoms with van der Waals surface area (Å²) >= 11 is 0. The summed E-state index contributed by atoms with van der Waals surface area (Å²) in [5.41, 5.74) is 5.69. The van der Waals surface area contributed by atoms with Crippen molar-refractivity contribution >= 4 is 0 Å². The molecule has 0 fully saturated rings.